The van der Waals surface area contributed by atoms with E-state index >= 15 is 0 Å². The maximum absolute atomic E-state index is 13.2. The van der Waals surface area contributed by atoms with Crippen LogP contribution in [0.15, 0.2) is 64.8 Å². The third-order valence-electron chi connectivity index (χ3n) is 5.01. The number of hydrogen-bond donors (Lipinski definition) is 1. The van der Waals surface area contributed by atoms with Gasteiger partial charge in [0.25, 0.3) is 0 Å². The third kappa shape index (κ3) is 4.14. The number of nitrogens with zero attached hydrogens (tertiary/aromatic N) is 4. The molecule has 9 nitrogen and oxygen atoms in total. The number of thioether (sulfide) groups is 1. The van der Waals surface area contributed by atoms with Gasteiger partial charge in [-0.2, -0.15) is 0 Å². The molecule has 0 radical (unpaired) electrons. The summed E-state index contributed by atoms with van der Waals surface area (Å²) in [6.45, 7) is 2.69. The Bertz CT molecular complexity index is 1400. The maximum atomic E-state index is 13.2. The van der Waals surface area contributed by atoms with Gasteiger partial charge in [0.2, 0.25) is 11.6 Å². The van der Waals surface area contributed by atoms with Crippen LogP contribution in [0.2, 0.25) is 0 Å². The van der Waals surface area contributed by atoms with E-state index in [9.17, 15) is 14.0 Å². The van der Waals surface area contributed by atoms with Gasteiger partial charge in [-0.25, -0.2) is 4.39 Å². The van der Waals surface area contributed by atoms with Crippen molar-refractivity contribution in [2.24, 2.45) is 0 Å². The van der Waals surface area contributed by atoms with Crippen LogP contribution < -0.4 is 20.3 Å². The van der Waals surface area contributed by atoms with Crippen molar-refractivity contribution in [1.82, 2.24) is 19.2 Å². The lowest BCUT2D eigenvalue weighted by molar-refractivity contribution is -0.115. The number of anilines is 1. The largest absolute Gasteiger partial charge is 0.486 e. The number of rotatable bonds is 5. The highest BCUT2D eigenvalue weighted by Gasteiger charge is 2.20. The van der Waals surface area contributed by atoms with Crippen molar-refractivity contribution in [2.75, 3.05) is 18.5 Å². The number of ether oxygens (including phenoxy) is 2. The Morgan fingerprint density at radius 3 is 2.64 bits per heavy atom. The zero-order chi connectivity index (χ0) is 22.9. The Labute approximate surface area is 191 Å². The molecule has 1 atom stereocenters. The predicted octanol–water partition coefficient (Wildman–Crippen LogP) is 2.91. The molecule has 0 aliphatic carbocycles. The van der Waals surface area contributed by atoms with E-state index in [0.717, 1.165) is 0 Å². The van der Waals surface area contributed by atoms with E-state index in [0.29, 0.717) is 41.2 Å². The number of nitrogens with one attached hydrogen (secondary N) is 1. The Kier molecular flexibility index (Phi) is 5.47. The molecule has 0 unspecified atom stereocenters. The summed E-state index contributed by atoms with van der Waals surface area (Å²) in [5.41, 5.74) is 0.791. The Balaban J connectivity index is 1.33. The first-order valence-electron chi connectivity index (χ1n) is 10.1. The minimum absolute atomic E-state index is 0.101. The fourth-order valence-electron chi connectivity index (χ4n) is 3.33. The van der Waals surface area contributed by atoms with Crippen LogP contribution >= 0.6 is 11.8 Å². The van der Waals surface area contributed by atoms with Crippen molar-refractivity contribution in [2.45, 2.75) is 17.3 Å². The van der Waals surface area contributed by atoms with Crippen molar-refractivity contribution in [3.63, 3.8) is 0 Å². The number of carbonyl (C=O) groups excluding carboxylic acids is 1. The highest BCUT2D eigenvalue weighted by molar-refractivity contribution is 8.00. The smallest absolute Gasteiger partial charge is 0.300 e. The van der Waals surface area contributed by atoms with Crippen LogP contribution in [-0.2, 0) is 4.79 Å². The quantitative estimate of drug-likeness (QED) is 0.451. The molecule has 33 heavy (non-hydrogen) atoms. The fourth-order valence-corrected chi connectivity index (χ4v) is 4.16. The van der Waals surface area contributed by atoms with Gasteiger partial charge in [0.1, 0.15) is 19.0 Å². The molecule has 2 aromatic heterocycles. The van der Waals surface area contributed by atoms with E-state index in [1.807, 2.05) is 0 Å². The molecule has 11 heteroatoms. The van der Waals surface area contributed by atoms with Crippen molar-refractivity contribution < 1.29 is 18.7 Å². The van der Waals surface area contributed by atoms with E-state index in [2.05, 4.69) is 15.5 Å². The summed E-state index contributed by atoms with van der Waals surface area (Å²) in [4.78, 5) is 25.6. The van der Waals surface area contributed by atoms with E-state index in [4.69, 9.17) is 9.47 Å². The second kappa shape index (κ2) is 8.58. The van der Waals surface area contributed by atoms with E-state index in [1.54, 1.807) is 37.5 Å². The van der Waals surface area contributed by atoms with Gasteiger partial charge in [-0.15, -0.1) is 10.2 Å². The highest BCUT2D eigenvalue weighted by atomic mass is 32.2. The first kappa shape index (κ1) is 21.0. The SMILES string of the molecule is C[C@@H](Sc1nnc2c(=O)n(-c3ccc(F)cc3)ccn12)C(=O)Nc1ccc2c(c1)OCCO2. The number of carbonyl (C=O) groups is 1. The minimum Gasteiger partial charge on any atom is -0.486 e. The second-order valence-corrected chi connectivity index (χ2v) is 8.54. The minimum atomic E-state index is -0.523. The second-order valence-electron chi connectivity index (χ2n) is 7.23. The van der Waals surface area contributed by atoms with Gasteiger partial charge in [0.15, 0.2) is 16.7 Å². The lowest BCUT2D eigenvalue weighted by Gasteiger charge is -2.19. The Morgan fingerprint density at radius 2 is 1.85 bits per heavy atom. The summed E-state index contributed by atoms with van der Waals surface area (Å²) < 4.78 is 27.1. The lowest BCUT2D eigenvalue weighted by atomic mass is 10.2. The third-order valence-corrected chi connectivity index (χ3v) is 6.06. The van der Waals surface area contributed by atoms with E-state index in [1.165, 1.54) is 45.0 Å². The molecule has 1 N–H and O–H groups in total. The summed E-state index contributed by atoms with van der Waals surface area (Å²) in [6, 6.07) is 10.8. The van der Waals surface area contributed by atoms with Gasteiger partial charge in [-0.05, 0) is 43.3 Å². The zero-order valence-corrected chi connectivity index (χ0v) is 18.2. The number of amides is 1. The van der Waals surface area contributed by atoms with Crippen LogP contribution in [0.25, 0.3) is 11.3 Å². The lowest BCUT2D eigenvalue weighted by Crippen LogP contribution is -2.23. The first-order valence-corrected chi connectivity index (χ1v) is 11.0. The van der Waals surface area contributed by atoms with Gasteiger partial charge in [-0.1, -0.05) is 11.8 Å². The van der Waals surface area contributed by atoms with Crippen molar-refractivity contribution in [3.05, 3.63) is 71.0 Å². The molecule has 1 amide bonds. The number of fused-ring (bicyclic) bond motifs is 2. The zero-order valence-electron chi connectivity index (χ0n) is 17.4. The molecule has 1 aliphatic heterocycles. The molecule has 4 aromatic rings. The number of hydrogen-bond acceptors (Lipinski definition) is 7. The van der Waals surface area contributed by atoms with Crippen LogP contribution in [0.5, 0.6) is 11.5 Å². The monoisotopic (exact) mass is 467 g/mol. The highest BCUT2D eigenvalue weighted by Crippen LogP contribution is 2.33. The summed E-state index contributed by atoms with van der Waals surface area (Å²) in [5, 5.41) is 10.8. The topological polar surface area (TPSA) is 99.8 Å². The molecular formula is C22H18FN5O4S. The summed E-state index contributed by atoms with van der Waals surface area (Å²) in [6.07, 6.45) is 3.18. The van der Waals surface area contributed by atoms with Crippen LogP contribution in [0, 0.1) is 5.82 Å². The maximum Gasteiger partial charge on any atom is 0.300 e. The molecule has 1 aliphatic rings. The molecule has 3 heterocycles. The van der Waals surface area contributed by atoms with Gasteiger partial charge in [0.05, 0.1) is 5.25 Å². The first-order chi connectivity index (χ1) is 16.0. The molecular weight excluding hydrogens is 449 g/mol. The molecule has 0 spiro atoms. The summed E-state index contributed by atoms with van der Waals surface area (Å²) in [5.74, 6) is 0.591. The van der Waals surface area contributed by atoms with Crippen molar-refractivity contribution >= 4 is 29.0 Å². The average molecular weight is 467 g/mol. The van der Waals surface area contributed by atoms with Gasteiger partial charge >= 0.3 is 5.56 Å². The molecule has 0 fully saturated rings. The molecule has 2 aromatic carbocycles. The van der Waals surface area contributed by atoms with Crippen LogP contribution in [0.3, 0.4) is 0 Å². The van der Waals surface area contributed by atoms with Crippen LogP contribution in [-0.4, -0.2) is 43.5 Å². The Morgan fingerprint density at radius 1 is 1.09 bits per heavy atom. The van der Waals surface area contributed by atoms with E-state index in [-0.39, 0.29) is 11.6 Å². The van der Waals surface area contributed by atoms with Gasteiger partial charge < -0.3 is 14.8 Å². The molecule has 0 saturated heterocycles. The average Bonchev–Trinajstić information content (AvgIpc) is 3.23. The molecule has 0 bridgehead atoms. The van der Waals surface area contributed by atoms with E-state index < -0.39 is 16.6 Å². The number of benzene rings is 2. The normalized spacial score (nSPS) is 13.6. The molecule has 5 rings (SSSR count). The Hall–Kier alpha value is -3.86. The van der Waals surface area contributed by atoms with Gasteiger partial charge in [-0.3, -0.25) is 18.6 Å². The van der Waals surface area contributed by atoms with Crippen LogP contribution in [0.1, 0.15) is 6.92 Å². The molecule has 168 valence electrons. The van der Waals surface area contributed by atoms with Crippen molar-refractivity contribution in [3.8, 4) is 17.2 Å². The number of halogens is 1. The summed E-state index contributed by atoms with van der Waals surface area (Å²) in [7, 11) is 0. The fraction of sp³-hybridized carbons (Fsp3) is 0.182. The predicted molar refractivity (Wildman–Crippen MR) is 120 cm³/mol. The number of aromatic nitrogens is 4. The molecule has 0 saturated carbocycles. The van der Waals surface area contributed by atoms with Crippen molar-refractivity contribution in [1.29, 1.82) is 0 Å². The standard InChI is InChI=1S/C22H18FN5O4S/c1-13(20(29)24-15-4-7-17-18(12-15)32-11-10-31-17)33-22-26-25-19-21(30)27(8-9-28(19)22)16-5-2-14(23)3-6-16/h2-9,12-13H,10-11H2,1H3,(H,24,29)/t13-/m1/s1. The summed E-state index contributed by atoms with van der Waals surface area (Å²) >= 11 is 1.17. The van der Waals surface area contributed by atoms with Gasteiger partial charge in [0, 0.05) is 29.8 Å². The van der Waals surface area contributed by atoms with Crippen LogP contribution in [0.4, 0.5) is 10.1 Å².